The van der Waals surface area contributed by atoms with E-state index in [0.717, 1.165) is 22.6 Å². The number of ether oxygens (including phenoxy) is 2. The minimum Gasteiger partial charge on any atom is -0.497 e. The molecule has 8 nitrogen and oxygen atoms in total. The zero-order valence-electron chi connectivity index (χ0n) is 21.4. The van der Waals surface area contributed by atoms with Crippen molar-refractivity contribution in [1.82, 2.24) is 4.90 Å². The fraction of sp³-hybridized carbons (Fsp3) is 0.214. The second-order valence-electron chi connectivity index (χ2n) is 8.82. The third-order valence-corrected chi connectivity index (χ3v) is 6.65. The van der Waals surface area contributed by atoms with E-state index in [1.165, 1.54) is 55.5 Å². The Morgan fingerprint density at radius 2 is 1.68 bits per heavy atom. The second-order valence-corrected chi connectivity index (χ2v) is 9.18. The van der Waals surface area contributed by atoms with Gasteiger partial charge in [0.25, 0.3) is 5.91 Å². The van der Waals surface area contributed by atoms with Crippen molar-refractivity contribution in [3.8, 4) is 5.75 Å². The van der Waals surface area contributed by atoms with Crippen LogP contribution in [-0.4, -0.2) is 48.1 Å². The Hall–Kier alpha value is -4.45. The van der Waals surface area contributed by atoms with Gasteiger partial charge in [0.1, 0.15) is 11.8 Å². The zero-order chi connectivity index (χ0) is 29.0. The van der Waals surface area contributed by atoms with E-state index in [2.05, 4.69) is 10.1 Å². The predicted molar refractivity (Wildman–Crippen MR) is 145 cm³/mol. The standard InChI is InChI=1S/C28H24F3N3O5S/c1-38-22-12-6-17(7-13-22)16-33-23(15-24(35)32-20-10-8-18(9-11-20)26(37)39-2)25(36)34(27(33)40)21-5-3-4-19(14-21)28(29,30)31/h3-14,23H,15-16H2,1-2H3,(H,32,35). The highest BCUT2D eigenvalue weighted by Gasteiger charge is 2.44. The van der Waals surface area contributed by atoms with Crippen molar-refractivity contribution >= 4 is 46.5 Å². The Morgan fingerprint density at radius 3 is 2.27 bits per heavy atom. The number of anilines is 2. The molecular weight excluding hydrogens is 547 g/mol. The van der Waals surface area contributed by atoms with Crippen LogP contribution in [0.5, 0.6) is 5.75 Å². The average Bonchev–Trinajstić information content (AvgIpc) is 3.16. The molecule has 0 aliphatic carbocycles. The molecule has 1 fully saturated rings. The molecule has 1 heterocycles. The van der Waals surface area contributed by atoms with Gasteiger partial charge in [-0.25, -0.2) is 4.79 Å². The van der Waals surface area contributed by atoms with Gasteiger partial charge in [-0.05, 0) is 72.4 Å². The molecule has 12 heteroatoms. The fourth-order valence-electron chi connectivity index (χ4n) is 4.20. The number of amides is 2. The zero-order valence-corrected chi connectivity index (χ0v) is 22.2. The average molecular weight is 572 g/mol. The lowest BCUT2D eigenvalue weighted by Gasteiger charge is -2.24. The van der Waals surface area contributed by atoms with Crippen LogP contribution in [0.15, 0.2) is 72.8 Å². The highest BCUT2D eigenvalue weighted by atomic mass is 32.1. The summed E-state index contributed by atoms with van der Waals surface area (Å²) in [5, 5.41) is 2.65. The first-order chi connectivity index (χ1) is 19.0. The molecule has 0 aromatic heterocycles. The van der Waals surface area contributed by atoms with Crippen molar-refractivity contribution in [3.05, 3.63) is 89.5 Å². The summed E-state index contributed by atoms with van der Waals surface area (Å²) in [6.07, 6.45) is -4.95. The molecule has 208 valence electrons. The predicted octanol–water partition coefficient (Wildman–Crippen LogP) is 5.03. The van der Waals surface area contributed by atoms with Gasteiger partial charge in [-0.15, -0.1) is 0 Å². The summed E-state index contributed by atoms with van der Waals surface area (Å²) in [6.45, 7) is 0.121. The Bertz CT molecular complexity index is 1430. The Balaban J connectivity index is 1.60. The van der Waals surface area contributed by atoms with Crippen molar-refractivity contribution in [1.29, 1.82) is 0 Å². The SMILES string of the molecule is COC(=O)c1ccc(NC(=O)CC2C(=O)N(c3cccc(C(F)(F)F)c3)C(=S)N2Cc2ccc(OC)cc2)cc1. The molecule has 0 saturated carbocycles. The van der Waals surface area contributed by atoms with Crippen molar-refractivity contribution < 1.29 is 37.0 Å². The van der Waals surface area contributed by atoms with Gasteiger partial charge in [-0.1, -0.05) is 18.2 Å². The molecule has 4 rings (SSSR count). The number of nitrogens with one attached hydrogen (secondary N) is 1. The molecule has 0 spiro atoms. The summed E-state index contributed by atoms with van der Waals surface area (Å²) in [6, 6.07) is 16.2. The summed E-state index contributed by atoms with van der Waals surface area (Å²) < 4.78 is 50.0. The van der Waals surface area contributed by atoms with Gasteiger partial charge in [0.2, 0.25) is 5.91 Å². The first kappa shape index (κ1) is 28.6. The summed E-state index contributed by atoms with van der Waals surface area (Å²) >= 11 is 5.56. The van der Waals surface area contributed by atoms with Crippen LogP contribution in [0.2, 0.25) is 0 Å². The third kappa shape index (κ3) is 6.23. The van der Waals surface area contributed by atoms with Crippen molar-refractivity contribution in [2.24, 2.45) is 0 Å². The summed E-state index contributed by atoms with van der Waals surface area (Å²) in [7, 11) is 2.77. The minimum atomic E-state index is -4.62. The molecular formula is C28H24F3N3O5S. The highest BCUT2D eigenvalue weighted by Crippen LogP contribution is 2.34. The van der Waals surface area contributed by atoms with Crippen molar-refractivity contribution in [2.75, 3.05) is 24.4 Å². The third-order valence-electron chi connectivity index (χ3n) is 6.23. The lowest BCUT2D eigenvalue weighted by atomic mass is 10.1. The molecule has 1 N–H and O–H groups in total. The molecule has 1 aliphatic heterocycles. The molecule has 1 atom stereocenters. The van der Waals surface area contributed by atoms with Gasteiger partial charge in [-0.2, -0.15) is 13.2 Å². The monoisotopic (exact) mass is 571 g/mol. The number of hydrogen-bond acceptors (Lipinski definition) is 6. The maximum absolute atomic E-state index is 13.6. The maximum Gasteiger partial charge on any atom is 0.416 e. The number of carbonyl (C=O) groups is 3. The van der Waals surface area contributed by atoms with Gasteiger partial charge in [-0.3, -0.25) is 14.5 Å². The van der Waals surface area contributed by atoms with Gasteiger partial charge in [0, 0.05) is 12.2 Å². The fourth-order valence-corrected chi connectivity index (χ4v) is 4.58. The van der Waals surface area contributed by atoms with E-state index < -0.39 is 35.6 Å². The van der Waals surface area contributed by atoms with Crippen molar-refractivity contribution in [3.63, 3.8) is 0 Å². The topological polar surface area (TPSA) is 88.2 Å². The van der Waals surface area contributed by atoms with Gasteiger partial charge in [0.05, 0.1) is 37.5 Å². The first-order valence-electron chi connectivity index (χ1n) is 11.9. The van der Waals surface area contributed by atoms with Crippen LogP contribution in [0.25, 0.3) is 0 Å². The van der Waals surface area contributed by atoms with E-state index >= 15 is 0 Å². The molecule has 1 aliphatic rings. The lowest BCUT2D eigenvalue weighted by molar-refractivity contribution is -0.137. The van der Waals surface area contributed by atoms with Crippen molar-refractivity contribution in [2.45, 2.75) is 25.2 Å². The minimum absolute atomic E-state index is 0.0274. The van der Waals surface area contributed by atoms with Gasteiger partial charge < -0.3 is 19.7 Å². The van der Waals surface area contributed by atoms with E-state index in [1.807, 2.05) is 0 Å². The molecule has 1 saturated heterocycles. The number of esters is 1. The Labute approximate surface area is 233 Å². The van der Waals surface area contributed by atoms with Crippen LogP contribution < -0.4 is 15.0 Å². The maximum atomic E-state index is 13.6. The number of thiocarbonyl (C=S) groups is 1. The van der Waals surface area contributed by atoms with Crippen LogP contribution in [0.4, 0.5) is 24.5 Å². The molecule has 40 heavy (non-hydrogen) atoms. The number of nitrogens with zero attached hydrogens (tertiary/aromatic N) is 2. The molecule has 0 radical (unpaired) electrons. The smallest absolute Gasteiger partial charge is 0.416 e. The summed E-state index contributed by atoms with van der Waals surface area (Å²) in [5.74, 6) is -1.08. The number of carbonyl (C=O) groups excluding carboxylic acids is 3. The van der Waals surface area contributed by atoms with E-state index in [9.17, 15) is 27.6 Å². The summed E-state index contributed by atoms with van der Waals surface area (Å²) in [4.78, 5) is 40.8. The number of benzene rings is 3. The lowest BCUT2D eigenvalue weighted by Crippen LogP contribution is -2.37. The van der Waals surface area contributed by atoms with Crippen LogP contribution in [0.3, 0.4) is 0 Å². The van der Waals surface area contributed by atoms with Crippen LogP contribution in [0.1, 0.15) is 27.9 Å². The quantitative estimate of drug-likeness (QED) is 0.300. The first-order valence-corrected chi connectivity index (χ1v) is 12.4. The highest BCUT2D eigenvalue weighted by molar-refractivity contribution is 7.80. The molecule has 0 bridgehead atoms. The summed E-state index contributed by atoms with van der Waals surface area (Å²) in [5.41, 5.74) is 0.428. The molecule has 3 aromatic rings. The normalized spacial score (nSPS) is 15.3. The molecule has 2 amide bonds. The van der Waals surface area contributed by atoms with E-state index in [0.29, 0.717) is 17.0 Å². The van der Waals surface area contributed by atoms with E-state index in [1.54, 1.807) is 24.3 Å². The number of hydrogen-bond donors (Lipinski definition) is 1. The van der Waals surface area contributed by atoms with Crippen LogP contribution in [0, 0.1) is 0 Å². The van der Waals surface area contributed by atoms with Crippen LogP contribution in [-0.2, 0) is 27.0 Å². The van der Waals surface area contributed by atoms with E-state index in [4.69, 9.17) is 17.0 Å². The van der Waals surface area contributed by atoms with Crippen LogP contribution >= 0.6 is 12.2 Å². The Morgan fingerprint density at radius 1 is 1.00 bits per heavy atom. The number of alkyl halides is 3. The molecule has 1 unspecified atom stereocenters. The van der Waals surface area contributed by atoms with E-state index in [-0.39, 0.29) is 23.8 Å². The molecule has 3 aromatic carbocycles. The number of methoxy groups -OCH3 is 2. The van der Waals surface area contributed by atoms with Gasteiger partial charge >= 0.3 is 12.1 Å². The largest absolute Gasteiger partial charge is 0.497 e. The number of rotatable bonds is 8. The second kappa shape index (κ2) is 11.7. The van der Waals surface area contributed by atoms with Gasteiger partial charge in [0.15, 0.2) is 5.11 Å². The Kier molecular flexibility index (Phi) is 8.38. The number of halogens is 3.